The first-order valence-electron chi connectivity index (χ1n) is 10.0. The van der Waals surface area contributed by atoms with Crippen molar-refractivity contribution >= 4 is 38.9 Å². The number of furan rings is 1. The molecule has 12 nitrogen and oxygen atoms in total. The summed E-state index contributed by atoms with van der Waals surface area (Å²) in [4.78, 5) is 32.9. The molecule has 0 bridgehead atoms. The predicted octanol–water partition coefficient (Wildman–Crippen LogP) is 1.91. The number of nitrogens with two attached hydrogens (primary N) is 1. The Balaban J connectivity index is 1.87. The summed E-state index contributed by atoms with van der Waals surface area (Å²) in [6, 6.07) is 3.89. The summed E-state index contributed by atoms with van der Waals surface area (Å²) in [5.41, 5.74) is 6.16. The topological polar surface area (TPSA) is 164 Å². The van der Waals surface area contributed by atoms with Gasteiger partial charge in [-0.25, -0.2) is 27.3 Å². The molecule has 0 spiro atoms. The van der Waals surface area contributed by atoms with Gasteiger partial charge in [-0.3, -0.25) is 0 Å². The molecule has 3 aromatic rings. The van der Waals surface area contributed by atoms with Gasteiger partial charge in [0.1, 0.15) is 27.8 Å². The maximum absolute atomic E-state index is 12.6. The molecule has 1 aromatic carbocycles. The minimum Gasteiger partial charge on any atom is -0.495 e. The number of hydrogen-bond donors (Lipinski definition) is 1. The number of esters is 2. The Morgan fingerprint density at radius 3 is 2.47 bits per heavy atom. The molecule has 2 N–H and O–H groups in total. The number of hydrogen-bond acceptors (Lipinski definition) is 11. The molecule has 182 valence electrons. The predicted molar refractivity (Wildman–Crippen MR) is 120 cm³/mol. The van der Waals surface area contributed by atoms with Crippen molar-refractivity contribution in [1.29, 1.82) is 0 Å². The van der Waals surface area contributed by atoms with Crippen LogP contribution in [0.1, 0.15) is 39.2 Å². The number of benzene rings is 1. The van der Waals surface area contributed by atoms with Gasteiger partial charge in [0.2, 0.25) is 15.7 Å². The van der Waals surface area contributed by atoms with E-state index >= 15 is 0 Å². The molecule has 0 atom stereocenters. The molecule has 0 fully saturated rings. The van der Waals surface area contributed by atoms with Gasteiger partial charge in [-0.15, -0.1) is 0 Å². The van der Waals surface area contributed by atoms with Crippen LogP contribution >= 0.6 is 0 Å². The number of carbonyl (C=O) groups is 2. The zero-order valence-corrected chi connectivity index (χ0v) is 20.1. The first kappa shape index (κ1) is 24.9. The summed E-state index contributed by atoms with van der Waals surface area (Å²) in [6.07, 6.45) is 0. The van der Waals surface area contributed by atoms with Crippen LogP contribution < -0.4 is 10.5 Å². The summed E-state index contributed by atoms with van der Waals surface area (Å²) in [7, 11) is 0.171. The van der Waals surface area contributed by atoms with Crippen molar-refractivity contribution in [1.82, 2.24) is 14.3 Å². The number of aromatic nitrogens is 2. The second-order valence-corrected chi connectivity index (χ2v) is 9.31. The van der Waals surface area contributed by atoms with Gasteiger partial charge in [-0.05, 0) is 32.0 Å². The Kier molecular flexibility index (Phi) is 7.07. The summed E-state index contributed by atoms with van der Waals surface area (Å²) in [6.45, 7) is 3.03. The van der Waals surface area contributed by atoms with Crippen molar-refractivity contribution in [2.45, 2.75) is 25.3 Å². The highest BCUT2D eigenvalue weighted by molar-refractivity contribution is 7.89. The number of fused-ring (bicyclic) bond motifs is 1. The van der Waals surface area contributed by atoms with Crippen molar-refractivity contribution < 1.29 is 36.6 Å². The van der Waals surface area contributed by atoms with Crippen LogP contribution in [0.4, 0.5) is 5.82 Å². The fourth-order valence-corrected chi connectivity index (χ4v) is 4.19. The summed E-state index contributed by atoms with van der Waals surface area (Å²) < 4.78 is 47.0. The van der Waals surface area contributed by atoms with E-state index in [0.717, 1.165) is 10.4 Å². The Labute approximate surface area is 195 Å². The molecule has 0 aliphatic carbocycles. The third-order valence-electron chi connectivity index (χ3n) is 4.77. The molecular weight excluding hydrogens is 468 g/mol. The van der Waals surface area contributed by atoms with Gasteiger partial charge in [0.15, 0.2) is 12.4 Å². The van der Waals surface area contributed by atoms with Crippen LogP contribution in [0.5, 0.6) is 5.75 Å². The highest BCUT2D eigenvalue weighted by Crippen LogP contribution is 2.30. The van der Waals surface area contributed by atoms with E-state index in [0.29, 0.717) is 0 Å². The van der Waals surface area contributed by atoms with E-state index in [1.54, 1.807) is 13.8 Å². The molecular formula is C21H24N4O8S. The van der Waals surface area contributed by atoms with E-state index in [-0.39, 0.29) is 63.5 Å². The quantitative estimate of drug-likeness (QED) is 0.457. The van der Waals surface area contributed by atoms with Crippen LogP contribution in [0.2, 0.25) is 0 Å². The number of sulfonamides is 1. The number of aryl methyl sites for hydroxylation is 1. The van der Waals surface area contributed by atoms with Gasteiger partial charge < -0.3 is 24.4 Å². The third-order valence-corrected chi connectivity index (χ3v) is 6.61. The lowest BCUT2D eigenvalue weighted by atomic mass is 10.2. The maximum Gasteiger partial charge on any atom is 0.342 e. The Morgan fingerprint density at radius 1 is 1.15 bits per heavy atom. The molecule has 0 radical (unpaired) electrons. The molecule has 2 aromatic heterocycles. The number of anilines is 1. The standard InChI is InChI=1S/C21H24N4O8S/c1-6-31-21(27)16-11(2)33-19-17(16)18(22)23-15(24-19)10-32-20(26)12-7-8-13(30-5)14(9-12)34(28,29)25(3)4/h7-9H,6,10H2,1-5H3,(H2,22,23,24). The molecule has 34 heavy (non-hydrogen) atoms. The lowest BCUT2D eigenvalue weighted by molar-refractivity contribution is 0.0461. The van der Waals surface area contributed by atoms with Gasteiger partial charge in [0, 0.05) is 14.1 Å². The van der Waals surface area contributed by atoms with Gasteiger partial charge in [-0.1, -0.05) is 0 Å². The summed E-state index contributed by atoms with van der Waals surface area (Å²) in [5.74, 6) is -1.11. The van der Waals surface area contributed by atoms with E-state index in [2.05, 4.69) is 9.97 Å². The van der Waals surface area contributed by atoms with Crippen molar-refractivity contribution in [3.05, 3.63) is 40.9 Å². The molecule has 2 heterocycles. The highest BCUT2D eigenvalue weighted by atomic mass is 32.2. The summed E-state index contributed by atoms with van der Waals surface area (Å²) >= 11 is 0. The van der Waals surface area contributed by atoms with E-state index in [1.165, 1.54) is 33.3 Å². The average Bonchev–Trinajstić information content (AvgIpc) is 3.13. The fourth-order valence-electron chi connectivity index (χ4n) is 3.11. The van der Waals surface area contributed by atoms with Crippen LogP contribution in [0.3, 0.4) is 0 Å². The van der Waals surface area contributed by atoms with Crippen molar-refractivity contribution in [2.24, 2.45) is 0 Å². The summed E-state index contributed by atoms with van der Waals surface area (Å²) in [5, 5.41) is 0.208. The van der Waals surface area contributed by atoms with Crippen molar-refractivity contribution in [2.75, 3.05) is 33.5 Å². The lowest BCUT2D eigenvalue weighted by Crippen LogP contribution is -2.23. The minimum atomic E-state index is -3.88. The number of nitrogen functional groups attached to an aromatic ring is 1. The normalized spacial score (nSPS) is 11.6. The Bertz CT molecular complexity index is 1360. The molecule has 0 saturated carbocycles. The largest absolute Gasteiger partial charge is 0.495 e. The van der Waals surface area contributed by atoms with Crippen LogP contribution in [0.25, 0.3) is 11.1 Å². The number of ether oxygens (including phenoxy) is 3. The zero-order valence-electron chi connectivity index (χ0n) is 19.2. The van der Waals surface area contributed by atoms with Crippen LogP contribution in [-0.2, 0) is 26.1 Å². The fraction of sp³-hybridized carbons (Fsp3) is 0.333. The van der Waals surface area contributed by atoms with Gasteiger partial charge in [0.25, 0.3) is 0 Å². The smallest absolute Gasteiger partial charge is 0.342 e. The minimum absolute atomic E-state index is 0.0197. The number of methoxy groups -OCH3 is 1. The van der Waals surface area contributed by atoms with Gasteiger partial charge >= 0.3 is 11.9 Å². The monoisotopic (exact) mass is 492 g/mol. The van der Waals surface area contributed by atoms with Crippen LogP contribution in [-0.4, -0.2) is 62.4 Å². The average molecular weight is 493 g/mol. The van der Waals surface area contributed by atoms with Gasteiger partial charge in [0.05, 0.1) is 24.7 Å². The maximum atomic E-state index is 12.6. The Morgan fingerprint density at radius 2 is 1.85 bits per heavy atom. The molecule has 3 rings (SSSR count). The van der Waals surface area contributed by atoms with Crippen molar-refractivity contribution in [3.8, 4) is 5.75 Å². The van der Waals surface area contributed by atoms with E-state index in [9.17, 15) is 18.0 Å². The molecule has 0 aliphatic rings. The van der Waals surface area contributed by atoms with E-state index in [1.807, 2.05) is 0 Å². The van der Waals surface area contributed by atoms with Crippen LogP contribution in [0.15, 0.2) is 27.5 Å². The van der Waals surface area contributed by atoms with E-state index < -0.39 is 22.0 Å². The molecule has 0 aliphatic heterocycles. The SMILES string of the molecule is CCOC(=O)c1c(C)oc2nc(COC(=O)c3ccc(OC)c(S(=O)(=O)N(C)C)c3)nc(N)c12. The van der Waals surface area contributed by atoms with Crippen LogP contribution in [0, 0.1) is 6.92 Å². The number of rotatable bonds is 8. The lowest BCUT2D eigenvalue weighted by Gasteiger charge is -2.15. The molecule has 0 saturated heterocycles. The second-order valence-electron chi connectivity index (χ2n) is 7.19. The third kappa shape index (κ3) is 4.65. The van der Waals surface area contributed by atoms with E-state index in [4.69, 9.17) is 24.4 Å². The zero-order chi connectivity index (χ0) is 25.2. The number of nitrogens with zero attached hydrogens (tertiary/aromatic N) is 3. The first-order chi connectivity index (χ1) is 16.0. The molecule has 0 unspecified atom stereocenters. The second kappa shape index (κ2) is 9.65. The van der Waals surface area contributed by atoms with Crippen molar-refractivity contribution in [3.63, 3.8) is 0 Å². The first-order valence-corrected chi connectivity index (χ1v) is 11.5. The molecule has 0 amide bonds. The Hall–Kier alpha value is -3.71. The highest BCUT2D eigenvalue weighted by Gasteiger charge is 2.26. The number of carbonyl (C=O) groups excluding carboxylic acids is 2. The molecule has 13 heteroatoms. The van der Waals surface area contributed by atoms with Gasteiger partial charge in [-0.2, -0.15) is 4.98 Å².